The van der Waals surface area contributed by atoms with E-state index in [-0.39, 0.29) is 43.2 Å². The number of fused-ring (bicyclic) bond motifs is 1. The Kier molecular flexibility index (Phi) is 6.61. The van der Waals surface area contributed by atoms with Crippen molar-refractivity contribution >= 4 is 17.8 Å². The summed E-state index contributed by atoms with van der Waals surface area (Å²) in [4.78, 5) is 38.3. The third kappa shape index (κ3) is 4.31. The monoisotopic (exact) mass is 405 g/mol. The molecule has 2 amide bonds. The highest BCUT2D eigenvalue weighted by Gasteiger charge is 2.47. The van der Waals surface area contributed by atoms with Crippen molar-refractivity contribution in [3.05, 3.63) is 17.7 Å². The molecule has 1 saturated carbocycles. The number of carbonyl (C=O) groups is 3. The number of likely N-dealkylation sites (tertiary alicyclic amines) is 1. The van der Waals surface area contributed by atoms with Crippen LogP contribution in [0.3, 0.4) is 0 Å². The first-order chi connectivity index (χ1) is 14.0. The zero-order valence-corrected chi connectivity index (χ0v) is 17.1. The van der Waals surface area contributed by atoms with Gasteiger partial charge in [-0.25, -0.2) is 0 Å². The summed E-state index contributed by atoms with van der Waals surface area (Å²) in [7, 11) is 4.53. The Morgan fingerprint density at radius 2 is 1.52 bits per heavy atom. The minimum atomic E-state index is -0.478. The van der Waals surface area contributed by atoms with E-state index in [9.17, 15) is 14.4 Å². The van der Waals surface area contributed by atoms with Gasteiger partial charge in [-0.2, -0.15) is 0 Å². The normalized spacial score (nSPS) is 21.0. The molecule has 1 saturated heterocycles. The third-order valence-corrected chi connectivity index (χ3v) is 5.60. The second-order valence-corrected chi connectivity index (χ2v) is 7.27. The molecule has 8 nitrogen and oxygen atoms in total. The van der Waals surface area contributed by atoms with Crippen molar-refractivity contribution < 1.29 is 33.3 Å². The SMILES string of the molecule is COc1cc(COC(=O)CCN2C(=O)[C@H]3CCCC[C@@H]3C2=O)cc(OC)c1OC. The molecule has 0 bridgehead atoms. The van der Waals surface area contributed by atoms with Crippen LogP contribution in [0.5, 0.6) is 17.2 Å². The van der Waals surface area contributed by atoms with Crippen LogP contribution in [0.1, 0.15) is 37.7 Å². The number of imide groups is 1. The Morgan fingerprint density at radius 1 is 0.966 bits per heavy atom. The molecule has 2 fully saturated rings. The zero-order chi connectivity index (χ0) is 21.0. The van der Waals surface area contributed by atoms with E-state index in [1.165, 1.54) is 26.2 Å². The first kappa shape index (κ1) is 21.0. The number of hydrogen-bond acceptors (Lipinski definition) is 7. The Morgan fingerprint density at radius 3 is 2.00 bits per heavy atom. The van der Waals surface area contributed by atoms with Gasteiger partial charge in [0.15, 0.2) is 11.5 Å². The molecule has 1 heterocycles. The second kappa shape index (κ2) is 9.15. The van der Waals surface area contributed by atoms with E-state index in [0.29, 0.717) is 22.8 Å². The Balaban J connectivity index is 1.55. The fraction of sp³-hybridized carbons (Fsp3) is 0.571. The van der Waals surface area contributed by atoms with Gasteiger partial charge < -0.3 is 18.9 Å². The number of nitrogens with zero attached hydrogens (tertiary/aromatic N) is 1. The van der Waals surface area contributed by atoms with Crippen molar-refractivity contribution in [2.45, 2.75) is 38.7 Å². The van der Waals surface area contributed by atoms with Crippen molar-refractivity contribution in [2.24, 2.45) is 11.8 Å². The first-order valence-corrected chi connectivity index (χ1v) is 9.79. The zero-order valence-electron chi connectivity index (χ0n) is 17.1. The van der Waals surface area contributed by atoms with Gasteiger partial charge in [0.1, 0.15) is 6.61 Å². The van der Waals surface area contributed by atoms with Gasteiger partial charge in [-0.15, -0.1) is 0 Å². The summed E-state index contributed by atoms with van der Waals surface area (Å²) in [5.41, 5.74) is 0.673. The largest absolute Gasteiger partial charge is 0.493 e. The number of carbonyl (C=O) groups excluding carboxylic acids is 3. The number of benzene rings is 1. The van der Waals surface area contributed by atoms with Gasteiger partial charge in [0.05, 0.1) is 39.6 Å². The van der Waals surface area contributed by atoms with E-state index in [4.69, 9.17) is 18.9 Å². The predicted molar refractivity (Wildman–Crippen MR) is 103 cm³/mol. The maximum atomic E-state index is 12.5. The lowest BCUT2D eigenvalue weighted by molar-refractivity contribution is -0.146. The summed E-state index contributed by atoms with van der Waals surface area (Å²) in [5, 5.41) is 0. The molecule has 3 rings (SSSR count). The molecule has 8 heteroatoms. The van der Waals surface area contributed by atoms with Crippen LogP contribution >= 0.6 is 0 Å². The van der Waals surface area contributed by atoms with Crippen LogP contribution in [-0.2, 0) is 25.7 Å². The molecule has 0 spiro atoms. The van der Waals surface area contributed by atoms with E-state index >= 15 is 0 Å². The van der Waals surface area contributed by atoms with Crippen LogP contribution in [0.2, 0.25) is 0 Å². The van der Waals surface area contributed by atoms with Crippen molar-refractivity contribution in [3.63, 3.8) is 0 Å². The third-order valence-electron chi connectivity index (χ3n) is 5.60. The second-order valence-electron chi connectivity index (χ2n) is 7.27. The Hall–Kier alpha value is -2.77. The fourth-order valence-electron chi connectivity index (χ4n) is 4.11. The highest BCUT2D eigenvalue weighted by atomic mass is 16.5. The van der Waals surface area contributed by atoms with Crippen LogP contribution < -0.4 is 14.2 Å². The van der Waals surface area contributed by atoms with Crippen molar-refractivity contribution in [1.29, 1.82) is 0 Å². The maximum Gasteiger partial charge on any atom is 0.307 e. The van der Waals surface area contributed by atoms with E-state index in [0.717, 1.165) is 25.7 Å². The van der Waals surface area contributed by atoms with Gasteiger partial charge in [-0.3, -0.25) is 19.3 Å². The quantitative estimate of drug-likeness (QED) is 0.484. The first-order valence-electron chi connectivity index (χ1n) is 9.79. The predicted octanol–water partition coefficient (Wildman–Crippen LogP) is 2.32. The van der Waals surface area contributed by atoms with E-state index in [1.807, 2.05) is 0 Å². The topological polar surface area (TPSA) is 91.4 Å². The van der Waals surface area contributed by atoms with Gasteiger partial charge in [0.2, 0.25) is 17.6 Å². The summed E-state index contributed by atoms with van der Waals surface area (Å²) < 4.78 is 21.1. The summed E-state index contributed by atoms with van der Waals surface area (Å²) >= 11 is 0. The molecule has 1 aliphatic heterocycles. The molecular weight excluding hydrogens is 378 g/mol. The minimum absolute atomic E-state index is 0.0166. The number of amides is 2. The minimum Gasteiger partial charge on any atom is -0.493 e. The molecule has 158 valence electrons. The summed E-state index contributed by atoms with van der Waals surface area (Å²) in [6.45, 7) is 0.0848. The molecule has 1 aliphatic carbocycles. The van der Waals surface area contributed by atoms with E-state index in [1.54, 1.807) is 12.1 Å². The molecule has 29 heavy (non-hydrogen) atoms. The van der Waals surface area contributed by atoms with Crippen LogP contribution in [0.25, 0.3) is 0 Å². The number of ether oxygens (including phenoxy) is 4. The Bertz CT molecular complexity index is 742. The number of methoxy groups -OCH3 is 3. The van der Waals surface area contributed by atoms with Gasteiger partial charge in [-0.05, 0) is 30.5 Å². The van der Waals surface area contributed by atoms with Crippen molar-refractivity contribution in [3.8, 4) is 17.2 Å². The average molecular weight is 405 g/mol. The number of esters is 1. The van der Waals surface area contributed by atoms with Crippen LogP contribution in [-0.4, -0.2) is 50.6 Å². The van der Waals surface area contributed by atoms with Gasteiger partial charge in [0, 0.05) is 6.54 Å². The molecule has 2 aliphatic rings. The van der Waals surface area contributed by atoms with Crippen molar-refractivity contribution in [1.82, 2.24) is 4.90 Å². The highest BCUT2D eigenvalue weighted by molar-refractivity contribution is 6.05. The number of rotatable bonds is 8. The fourth-order valence-corrected chi connectivity index (χ4v) is 4.11. The van der Waals surface area contributed by atoms with Crippen LogP contribution in [0.4, 0.5) is 0 Å². The van der Waals surface area contributed by atoms with E-state index < -0.39 is 5.97 Å². The Labute approximate surface area is 170 Å². The maximum absolute atomic E-state index is 12.5. The molecule has 1 aromatic carbocycles. The highest BCUT2D eigenvalue weighted by Crippen LogP contribution is 2.39. The van der Waals surface area contributed by atoms with Crippen LogP contribution in [0.15, 0.2) is 12.1 Å². The summed E-state index contributed by atoms with van der Waals surface area (Å²) in [6.07, 6.45) is 3.45. The molecule has 0 N–H and O–H groups in total. The summed E-state index contributed by atoms with van der Waals surface area (Å²) in [5.74, 6) is 0.224. The smallest absolute Gasteiger partial charge is 0.307 e. The number of hydrogen-bond donors (Lipinski definition) is 0. The van der Waals surface area contributed by atoms with Gasteiger partial charge in [0.25, 0.3) is 0 Å². The lowest BCUT2D eigenvalue weighted by Crippen LogP contribution is -2.33. The standard InChI is InChI=1S/C21H27NO7/c1-26-16-10-13(11-17(27-2)19(16)28-3)12-29-18(23)8-9-22-20(24)14-6-4-5-7-15(14)21(22)25/h10-11,14-15H,4-9,12H2,1-3H3/t14-,15-/m0/s1. The van der Waals surface area contributed by atoms with Gasteiger partial charge >= 0.3 is 5.97 Å². The summed E-state index contributed by atoms with van der Waals surface area (Å²) in [6, 6.07) is 3.40. The van der Waals surface area contributed by atoms with E-state index in [2.05, 4.69) is 0 Å². The molecule has 0 aromatic heterocycles. The average Bonchev–Trinajstić information content (AvgIpc) is 2.99. The lowest BCUT2D eigenvalue weighted by atomic mass is 9.81. The molecule has 2 atom stereocenters. The molecule has 0 unspecified atom stereocenters. The van der Waals surface area contributed by atoms with Crippen molar-refractivity contribution in [2.75, 3.05) is 27.9 Å². The molecular formula is C21H27NO7. The molecule has 1 aromatic rings. The lowest BCUT2D eigenvalue weighted by Gasteiger charge is -2.19. The van der Waals surface area contributed by atoms with Gasteiger partial charge in [-0.1, -0.05) is 12.8 Å². The van der Waals surface area contributed by atoms with Crippen LogP contribution in [0, 0.1) is 11.8 Å². The molecule has 0 radical (unpaired) electrons.